The van der Waals surface area contributed by atoms with Gasteiger partial charge in [-0.2, -0.15) is 0 Å². The van der Waals surface area contributed by atoms with Gasteiger partial charge < -0.3 is 10.6 Å². The third-order valence-electron chi connectivity index (χ3n) is 2.15. The number of anilines is 1. The fourth-order valence-electron chi connectivity index (χ4n) is 1.45. The summed E-state index contributed by atoms with van der Waals surface area (Å²) < 4.78 is 0. The van der Waals surface area contributed by atoms with E-state index in [9.17, 15) is 4.79 Å². The number of hydrogen-bond donors (Lipinski definition) is 2. The molecule has 0 saturated carbocycles. The molecule has 2 rings (SSSR count). The number of hydrogen-bond acceptors (Lipinski definition) is 2. The molecule has 0 radical (unpaired) electrons. The van der Waals surface area contributed by atoms with Crippen LogP contribution in [0.25, 0.3) is 0 Å². The number of fused-ring (bicyclic) bond motifs is 1. The molecule has 1 amide bonds. The van der Waals surface area contributed by atoms with Crippen molar-refractivity contribution in [1.29, 1.82) is 0 Å². The van der Waals surface area contributed by atoms with Crippen molar-refractivity contribution in [2.75, 3.05) is 11.9 Å². The lowest BCUT2D eigenvalue weighted by atomic mass is 10.2. The van der Waals surface area contributed by atoms with E-state index in [1.165, 1.54) is 0 Å². The highest BCUT2D eigenvalue weighted by atomic mass is 16.1. The van der Waals surface area contributed by atoms with Crippen LogP contribution in [0.3, 0.4) is 0 Å². The van der Waals surface area contributed by atoms with Crippen molar-refractivity contribution in [3.8, 4) is 0 Å². The molecule has 68 valence electrons. The molecule has 0 aromatic heterocycles. The van der Waals surface area contributed by atoms with Gasteiger partial charge in [0.15, 0.2) is 0 Å². The molecule has 2 N–H and O–H groups in total. The fourth-order valence-corrected chi connectivity index (χ4v) is 1.45. The Bertz CT molecular complexity index is 335. The van der Waals surface area contributed by atoms with Gasteiger partial charge >= 0.3 is 0 Å². The summed E-state index contributed by atoms with van der Waals surface area (Å²) in [5.41, 5.74) is 1.65. The first-order valence-electron chi connectivity index (χ1n) is 4.41. The number of para-hydroxylation sites is 1. The van der Waals surface area contributed by atoms with Crippen molar-refractivity contribution < 1.29 is 4.79 Å². The van der Waals surface area contributed by atoms with Gasteiger partial charge in [0, 0.05) is 18.3 Å². The van der Waals surface area contributed by atoms with Crippen LogP contribution in [-0.2, 0) is 0 Å². The monoisotopic (exact) mass is 176 g/mol. The molecular weight excluding hydrogens is 164 g/mol. The maximum atomic E-state index is 11.6. The highest BCUT2D eigenvalue weighted by molar-refractivity contribution is 6.00. The Labute approximate surface area is 77.1 Å². The second-order valence-corrected chi connectivity index (χ2v) is 3.30. The smallest absolute Gasteiger partial charge is 0.253 e. The summed E-state index contributed by atoms with van der Waals surface area (Å²) >= 11 is 0. The number of carbonyl (C=O) groups excluding carboxylic acids is 1. The molecule has 13 heavy (non-hydrogen) atoms. The van der Waals surface area contributed by atoms with Crippen molar-refractivity contribution in [2.45, 2.75) is 13.0 Å². The third-order valence-corrected chi connectivity index (χ3v) is 2.15. The van der Waals surface area contributed by atoms with Crippen LogP contribution >= 0.6 is 0 Å². The minimum Gasteiger partial charge on any atom is -0.382 e. The number of carbonyl (C=O) groups is 1. The van der Waals surface area contributed by atoms with Crippen LogP contribution in [0.15, 0.2) is 24.3 Å². The molecule has 1 aliphatic heterocycles. The molecule has 3 nitrogen and oxygen atoms in total. The lowest BCUT2D eigenvalue weighted by Gasteiger charge is -2.08. The molecule has 0 bridgehead atoms. The summed E-state index contributed by atoms with van der Waals surface area (Å²) in [6, 6.07) is 7.73. The number of rotatable bonds is 0. The molecule has 0 saturated heterocycles. The van der Waals surface area contributed by atoms with E-state index in [1.54, 1.807) is 0 Å². The lowest BCUT2D eigenvalue weighted by Crippen LogP contribution is -2.34. The van der Waals surface area contributed by atoms with E-state index in [2.05, 4.69) is 10.6 Å². The predicted octanol–water partition coefficient (Wildman–Crippen LogP) is 1.23. The van der Waals surface area contributed by atoms with Crippen LogP contribution in [0.4, 0.5) is 5.69 Å². The Morgan fingerprint density at radius 2 is 2.15 bits per heavy atom. The molecular formula is C10H12N2O. The molecule has 3 heteroatoms. The minimum atomic E-state index is 0.00750. The standard InChI is InChI=1S/C10H12N2O/c1-7-6-11-9-5-3-2-4-8(9)10(13)12-7/h2-5,7,11H,6H2,1H3,(H,12,13)/t7-/m0/s1. The summed E-state index contributed by atoms with van der Waals surface area (Å²) in [6.07, 6.45) is 0. The van der Waals surface area contributed by atoms with Gasteiger partial charge in [0.1, 0.15) is 0 Å². The second-order valence-electron chi connectivity index (χ2n) is 3.30. The van der Waals surface area contributed by atoms with Crippen molar-refractivity contribution in [3.05, 3.63) is 29.8 Å². The molecule has 1 aliphatic rings. The Morgan fingerprint density at radius 1 is 1.38 bits per heavy atom. The van der Waals surface area contributed by atoms with Crippen LogP contribution < -0.4 is 10.6 Å². The maximum Gasteiger partial charge on any atom is 0.253 e. The van der Waals surface area contributed by atoms with E-state index in [4.69, 9.17) is 0 Å². The van der Waals surface area contributed by atoms with Crippen LogP contribution in [0.2, 0.25) is 0 Å². The molecule has 1 aromatic rings. The second kappa shape index (κ2) is 3.09. The Balaban J connectivity index is 2.40. The van der Waals surface area contributed by atoms with Crippen molar-refractivity contribution in [3.63, 3.8) is 0 Å². The first kappa shape index (κ1) is 8.10. The number of benzene rings is 1. The molecule has 0 spiro atoms. The van der Waals surface area contributed by atoms with Crippen LogP contribution in [-0.4, -0.2) is 18.5 Å². The fraction of sp³-hybridized carbons (Fsp3) is 0.300. The van der Waals surface area contributed by atoms with E-state index >= 15 is 0 Å². The Kier molecular flexibility index (Phi) is 1.93. The van der Waals surface area contributed by atoms with Crippen molar-refractivity contribution in [2.24, 2.45) is 0 Å². The largest absolute Gasteiger partial charge is 0.382 e. The zero-order chi connectivity index (χ0) is 9.26. The highest BCUT2D eigenvalue weighted by Crippen LogP contribution is 2.16. The highest BCUT2D eigenvalue weighted by Gasteiger charge is 2.17. The number of nitrogens with one attached hydrogen (secondary N) is 2. The Hall–Kier alpha value is -1.51. The third kappa shape index (κ3) is 1.49. The van der Waals surface area contributed by atoms with Crippen LogP contribution in [0.5, 0.6) is 0 Å². The summed E-state index contributed by atoms with van der Waals surface area (Å²) in [6.45, 7) is 2.76. The minimum absolute atomic E-state index is 0.00750. The van der Waals surface area contributed by atoms with E-state index in [0.717, 1.165) is 17.8 Å². The van der Waals surface area contributed by atoms with Gasteiger partial charge in [0.25, 0.3) is 5.91 Å². The van der Waals surface area contributed by atoms with Gasteiger partial charge in [-0.25, -0.2) is 0 Å². The predicted molar refractivity (Wildman–Crippen MR) is 51.9 cm³/mol. The SMILES string of the molecule is C[C@H]1CNc2ccccc2C(=O)N1. The topological polar surface area (TPSA) is 41.1 Å². The van der Waals surface area contributed by atoms with Gasteiger partial charge in [-0.1, -0.05) is 12.1 Å². The average molecular weight is 176 g/mol. The van der Waals surface area contributed by atoms with Gasteiger partial charge in [-0.15, -0.1) is 0 Å². The van der Waals surface area contributed by atoms with Crippen molar-refractivity contribution >= 4 is 11.6 Å². The van der Waals surface area contributed by atoms with E-state index in [0.29, 0.717) is 0 Å². The molecule has 1 atom stereocenters. The molecule has 1 heterocycles. The van der Waals surface area contributed by atoms with Crippen molar-refractivity contribution in [1.82, 2.24) is 5.32 Å². The van der Waals surface area contributed by atoms with E-state index in [-0.39, 0.29) is 11.9 Å². The summed E-state index contributed by atoms with van der Waals surface area (Å²) in [5, 5.41) is 6.12. The zero-order valence-electron chi connectivity index (χ0n) is 7.50. The van der Waals surface area contributed by atoms with E-state index < -0.39 is 0 Å². The summed E-state index contributed by atoms with van der Waals surface area (Å²) in [7, 11) is 0. The quantitative estimate of drug-likeness (QED) is 0.624. The van der Waals surface area contributed by atoms with Gasteiger partial charge in [0.2, 0.25) is 0 Å². The van der Waals surface area contributed by atoms with Crippen LogP contribution in [0.1, 0.15) is 17.3 Å². The lowest BCUT2D eigenvalue weighted by molar-refractivity contribution is 0.0945. The summed E-state index contributed by atoms with van der Waals surface area (Å²) in [5.74, 6) is 0.00750. The van der Waals surface area contributed by atoms with E-state index in [1.807, 2.05) is 31.2 Å². The molecule has 0 aliphatic carbocycles. The van der Waals surface area contributed by atoms with Gasteiger partial charge in [0.05, 0.1) is 5.56 Å². The first-order valence-corrected chi connectivity index (χ1v) is 4.41. The normalized spacial score (nSPS) is 21.0. The molecule has 0 fully saturated rings. The average Bonchev–Trinajstić information content (AvgIpc) is 2.27. The maximum absolute atomic E-state index is 11.6. The van der Waals surface area contributed by atoms with Gasteiger partial charge in [-0.05, 0) is 19.1 Å². The number of amides is 1. The zero-order valence-corrected chi connectivity index (χ0v) is 7.50. The summed E-state index contributed by atoms with van der Waals surface area (Å²) in [4.78, 5) is 11.6. The van der Waals surface area contributed by atoms with Gasteiger partial charge in [-0.3, -0.25) is 4.79 Å². The molecule has 1 aromatic carbocycles. The van der Waals surface area contributed by atoms with Crippen LogP contribution in [0, 0.1) is 0 Å². The first-order chi connectivity index (χ1) is 6.27. The molecule has 0 unspecified atom stereocenters. The Morgan fingerprint density at radius 3 is 3.00 bits per heavy atom.